The minimum Gasteiger partial charge on any atom is -0.481 e. The highest BCUT2D eigenvalue weighted by Gasteiger charge is 2.19. The van der Waals surface area contributed by atoms with Crippen LogP contribution < -0.4 is 0 Å². The van der Waals surface area contributed by atoms with Gasteiger partial charge >= 0.3 is 17.9 Å². The summed E-state index contributed by atoms with van der Waals surface area (Å²) in [5.74, 6) is -3.42. The largest absolute Gasteiger partial charge is 0.481 e. The van der Waals surface area contributed by atoms with Crippen molar-refractivity contribution in [1.29, 1.82) is 0 Å². The van der Waals surface area contributed by atoms with E-state index in [4.69, 9.17) is 10.2 Å². The lowest BCUT2D eigenvalue weighted by Gasteiger charge is -2.09. The van der Waals surface area contributed by atoms with Crippen LogP contribution in [0.3, 0.4) is 0 Å². The van der Waals surface area contributed by atoms with Crippen LogP contribution in [0.4, 0.5) is 0 Å². The molecule has 0 bridgehead atoms. The zero-order chi connectivity index (χ0) is 11.8. The number of carboxylic acid groups (broad SMARTS) is 2. The Kier molecular flexibility index (Phi) is 6.08. The molecule has 0 aliphatic carbocycles. The molecule has 1 unspecified atom stereocenters. The quantitative estimate of drug-likeness (QED) is 0.603. The predicted octanol–water partition coefficient (Wildman–Crippen LogP) is 0.505. The number of carboxylic acids is 2. The number of methoxy groups -OCH3 is 1. The van der Waals surface area contributed by atoms with Crippen molar-refractivity contribution in [2.75, 3.05) is 7.11 Å². The van der Waals surface area contributed by atoms with Crippen LogP contribution in [0.25, 0.3) is 0 Å². The molecule has 0 radical (unpaired) electrons. The molecule has 2 N–H and O–H groups in total. The second-order valence-electron chi connectivity index (χ2n) is 3.08. The number of hydrogen-bond acceptors (Lipinski definition) is 4. The van der Waals surface area contributed by atoms with Gasteiger partial charge in [0.05, 0.1) is 13.0 Å². The van der Waals surface area contributed by atoms with Crippen LogP contribution in [0.15, 0.2) is 0 Å². The summed E-state index contributed by atoms with van der Waals surface area (Å²) in [4.78, 5) is 31.6. The molecule has 0 saturated carbocycles. The van der Waals surface area contributed by atoms with Crippen LogP contribution in [0.1, 0.15) is 25.7 Å². The number of rotatable bonds is 7. The highest BCUT2D eigenvalue weighted by Crippen LogP contribution is 2.14. The van der Waals surface area contributed by atoms with Gasteiger partial charge in [-0.3, -0.25) is 14.4 Å². The maximum atomic E-state index is 10.7. The molecule has 6 nitrogen and oxygen atoms in total. The van der Waals surface area contributed by atoms with Crippen LogP contribution in [-0.4, -0.2) is 35.2 Å². The number of hydrogen-bond donors (Lipinski definition) is 2. The van der Waals surface area contributed by atoms with Gasteiger partial charge in [-0.05, 0) is 12.8 Å². The van der Waals surface area contributed by atoms with Crippen LogP contribution in [-0.2, 0) is 19.1 Å². The van der Waals surface area contributed by atoms with Crippen LogP contribution >= 0.6 is 0 Å². The Morgan fingerprint density at radius 3 is 2.07 bits per heavy atom. The van der Waals surface area contributed by atoms with E-state index in [-0.39, 0.29) is 25.7 Å². The Morgan fingerprint density at radius 2 is 1.67 bits per heavy atom. The zero-order valence-electron chi connectivity index (χ0n) is 8.43. The fraction of sp³-hybridized carbons (Fsp3) is 0.667. The predicted molar refractivity (Wildman–Crippen MR) is 49.2 cm³/mol. The molecule has 0 aliphatic rings. The monoisotopic (exact) mass is 218 g/mol. The van der Waals surface area contributed by atoms with Crippen molar-refractivity contribution in [2.24, 2.45) is 5.92 Å². The summed E-state index contributed by atoms with van der Waals surface area (Å²) in [6.45, 7) is 0. The maximum Gasteiger partial charge on any atom is 0.306 e. The fourth-order valence-corrected chi connectivity index (χ4v) is 1.08. The molecule has 1 atom stereocenters. The molecule has 0 aliphatic heterocycles. The second kappa shape index (κ2) is 6.80. The molecule has 0 saturated heterocycles. The fourth-order valence-electron chi connectivity index (χ4n) is 1.08. The van der Waals surface area contributed by atoms with Crippen molar-refractivity contribution in [1.82, 2.24) is 0 Å². The molecule has 0 amide bonds. The Hall–Kier alpha value is -1.59. The number of carbonyl (C=O) groups is 3. The number of carbonyl (C=O) groups excluding carboxylic acids is 1. The van der Waals surface area contributed by atoms with Crippen molar-refractivity contribution in [3.8, 4) is 0 Å². The first-order chi connectivity index (χ1) is 6.97. The molecule has 86 valence electrons. The molecule has 0 spiro atoms. The van der Waals surface area contributed by atoms with Crippen LogP contribution in [0, 0.1) is 5.92 Å². The summed E-state index contributed by atoms with van der Waals surface area (Å²) in [6.07, 6.45) is -0.0812. The molecule has 0 aromatic carbocycles. The summed E-state index contributed by atoms with van der Waals surface area (Å²) in [7, 11) is 1.22. The average molecular weight is 218 g/mol. The molecular formula is C9H14O6. The van der Waals surface area contributed by atoms with E-state index in [0.717, 1.165) is 0 Å². The lowest BCUT2D eigenvalue weighted by Crippen LogP contribution is -2.17. The molecule has 6 heteroatoms. The third-order valence-electron chi connectivity index (χ3n) is 1.98. The number of aliphatic carboxylic acids is 2. The summed E-state index contributed by atoms with van der Waals surface area (Å²) < 4.78 is 4.36. The molecule has 0 aromatic rings. The standard InChI is InChI=1S/C9H14O6/c1-15-8(12)5-3-6(9(13)14)2-4-7(10)11/h6H,2-5H2,1H3,(H,10,11)(H,13,14). The molecule has 0 fully saturated rings. The lowest BCUT2D eigenvalue weighted by molar-refractivity contribution is -0.144. The van der Waals surface area contributed by atoms with Crippen LogP contribution in [0.2, 0.25) is 0 Å². The van der Waals surface area contributed by atoms with Crippen molar-refractivity contribution >= 4 is 17.9 Å². The topological polar surface area (TPSA) is 101 Å². The minimum absolute atomic E-state index is 0.00686. The van der Waals surface area contributed by atoms with Gasteiger partial charge in [0, 0.05) is 12.8 Å². The van der Waals surface area contributed by atoms with E-state index in [1.807, 2.05) is 0 Å². The van der Waals surface area contributed by atoms with E-state index in [0.29, 0.717) is 0 Å². The van der Waals surface area contributed by atoms with Gasteiger partial charge in [-0.1, -0.05) is 0 Å². The van der Waals surface area contributed by atoms with Gasteiger partial charge in [0.2, 0.25) is 0 Å². The first-order valence-electron chi connectivity index (χ1n) is 4.48. The Morgan fingerprint density at radius 1 is 1.13 bits per heavy atom. The average Bonchev–Trinajstić information content (AvgIpc) is 2.16. The number of ether oxygens (including phenoxy) is 1. The van der Waals surface area contributed by atoms with E-state index in [9.17, 15) is 14.4 Å². The van der Waals surface area contributed by atoms with Gasteiger partial charge < -0.3 is 14.9 Å². The molecule has 0 heterocycles. The Balaban J connectivity index is 3.99. The van der Waals surface area contributed by atoms with Gasteiger partial charge in [-0.2, -0.15) is 0 Å². The normalized spacial score (nSPS) is 11.8. The lowest BCUT2D eigenvalue weighted by atomic mass is 9.98. The maximum absolute atomic E-state index is 10.7. The Bertz CT molecular complexity index is 247. The molecular weight excluding hydrogens is 204 g/mol. The summed E-state index contributed by atoms with van der Waals surface area (Å²) >= 11 is 0. The van der Waals surface area contributed by atoms with Crippen molar-refractivity contribution in [2.45, 2.75) is 25.7 Å². The zero-order valence-corrected chi connectivity index (χ0v) is 8.43. The van der Waals surface area contributed by atoms with E-state index >= 15 is 0 Å². The third-order valence-corrected chi connectivity index (χ3v) is 1.98. The summed E-state index contributed by atoms with van der Waals surface area (Å²) in [5, 5.41) is 17.1. The Labute approximate surface area is 86.8 Å². The van der Waals surface area contributed by atoms with Gasteiger partial charge in [-0.15, -0.1) is 0 Å². The first-order valence-corrected chi connectivity index (χ1v) is 4.48. The van der Waals surface area contributed by atoms with E-state index < -0.39 is 23.8 Å². The third kappa shape index (κ3) is 6.48. The van der Waals surface area contributed by atoms with Gasteiger partial charge in [0.1, 0.15) is 0 Å². The SMILES string of the molecule is COC(=O)CCC(CCC(=O)O)C(=O)O. The van der Waals surface area contributed by atoms with Crippen LogP contribution in [0.5, 0.6) is 0 Å². The smallest absolute Gasteiger partial charge is 0.306 e. The first kappa shape index (κ1) is 13.4. The van der Waals surface area contributed by atoms with E-state index in [1.165, 1.54) is 7.11 Å². The summed E-state index contributed by atoms with van der Waals surface area (Å²) in [6, 6.07) is 0. The minimum atomic E-state index is -1.08. The molecule has 15 heavy (non-hydrogen) atoms. The van der Waals surface area contributed by atoms with Crippen molar-refractivity contribution in [3.63, 3.8) is 0 Å². The highest BCUT2D eigenvalue weighted by molar-refractivity contribution is 5.74. The summed E-state index contributed by atoms with van der Waals surface area (Å²) in [5.41, 5.74) is 0. The van der Waals surface area contributed by atoms with Crippen molar-refractivity contribution in [3.05, 3.63) is 0 Å². The highest BCUT2D eigenvalue weighted by atomic mass is 16.5. The van der Waals surface area contributed by atoms with Gasteiger partial charge in [0.25, 0.3) is 0 Å². The van der Waals surface area contributed by atoms with Crippen molar-refractivity contribution < 1.29 is 29.3 Å². The number of esters is 1. The van der Waals surface area contributed by atoms with Gasteiger partial charge in [0.15, 0.2) is 0 Å². The second-order valence-corrected chi connectivity index (χ2v) is 3.08. The van der Waals surface area contributed by atoms with E-state index in [2.05, 4.69) is 4.74 Å². The van der Waals surface area contributed by atoms with E-state index in [1.54, 1.807) is 0 Å². The van der Waals surface area contributed by atoms with Gasteiger partial charge in [-0.25, -0.2) is 0 Å². The molecule has 0 rings (SSSR count). The molecule has 0 aromatic heterocycles.